The first kappa shape index (κ1) is 19.5. The molecule has 2 heterocycles. The zero-order chi connectivity index (χ0) is 19.2. The number of benzene rings is 1. The lowest BCUT2D eigenvalue weighted by Crippen LogP contribution is -2.30. The van der Waals surface area contributed by atoms with Crippen LogP contribution in [0.25, 0.3) is 0 Å². The maximum Gasteiger partial charge on any atom is 0.253 e. The molecular formula is C19H20FIN4O2. The van der Waals surface area contributed by atoms with E-state index in [0.717, 1.165) is 16.5 Å². The molecule has 0 spiro atoms. The molecule has 0 atom stereocenters. The Kier molecular flexibility index (Phi) is 6.59. The lowest BCUT2D eigenvalue weighted by atomic mass is 10.2. The lowest BCUT2D eigenvalue weighted by molar-refractivity contribution is -0.127. The molecule has 0 bridgehead atoms. The number of carbonyl (C=O) groups is 2. The van der Waals surface area contributed by atoms with Crippen LogP contribution in [-0.2, 0) is 4.79 Å². The van der Waals surface area contributed by atoms with Crippen LogP contribution in [0.2, 0.25) is 0 Å². The average Bonchev–Trinajstić information content (AvgIpc) is 3.06. The summed E-state index contributed by atoms with van der Waals surface area (Å²) in [5.74, 6) is -0.479. The Bertz CT molecular complexity index is 846. The Morgan fingerprint density at radius 1 is 1.30 bits per heavy atom. The van der Waals surface area contributed by atoms with Gasteiger partial charge in [0.1, 0.15) is 5.82 Å². The first-order valence-electron chi connectivity index (χ1n) is 8.76. The van der Waals surface area contributed by atoms with E-state index in [9.17, 15) is 14.0 Å². The van der Waals surface area contributed by atoms with Gasteiger partial charge in [0.25, 0.3) is 5.91 Å². The Morgan fingerprint density at radius 3 is 2.89 bits per heavy atom. The number of rotatable bonds is 7. The molecular weight excluding hydrogens is 462 g/mol. The summed E-state index contributed by atoms with van der Waals surface area (Å²) in [5, 5.41) is 5.78. The monoisotopic (exact) mass is 482 g/mol. The standard InChI is InChI=1S/C19H20FIN4O2/c20-15-11-13(21)4-5-16(15)24-17-12-22-8-6-14(17)19(27)23-7-2-10-25-9-1-3-18(25)26/h4-6,8,11-12,24H,1-3,7,9-10H2,(H,23,27). The average molecular weight is 482 g/mol. The molecule has 27 heavy (non-hydrogen) atoms. The second-order valence-corrected chi connectivity index (χ2v) is 7.51. The van der Waals surface area contributed by atoms with Gasteiger partial charge < -0.3 is 15.5 Å². The molecule has 0 aliphatic carbocycles. The molecule has 0 unspecified atom stereocenters. The fraction of sp³-hybridized carbons (Fsp3) is 0.316. The molecule has 1 saturated heterocycles. The Hall–Kier alpha value is -2.23. The fourth-order valence-electron chi connectivity index (χ4n) is 2.94. The van der Waals surface area contributed by atoms with Crippen LogP contribution in [0.3, 0.4) is 0 Å². The van der Waals surface area contributed by atoms with E-state index in [1.807, 2.05) is 27.5 Å². The summed E-state index contributed by atoms with van der Waals surface area (Å²) in [4.78, 5) is 29.9. The largest absolute Gasteiger partial charge is 0.352 e. The maximum atomic E-state index is 14.1. The minimum absolute atomic E-state index is 0.182. The zero-order valence-electron chi connectivity index (χ0n) is 14.7. The van der Waals surface area contributed by atoms with Crippen LogP contribution in [0.4, 0.5) is 15.8 Å². The predicted molar refractivity (Wildman–Crippen MR) is 109 cm³/mol. The quantitative estimate of drug-likeness (QED) is 0.469. The maximum absolute atomic E-state index is 14.1. The number of amides is 2. The third-order valence-electron chi connectivity index (χ3n) is 4.33. The molecule has 6 nitrogen and oxygen atoms in total. The third kappa shape index (κ3) is 5.15. The lowest BCUT2D eigenvalue weighted by Gasteiger charge is -2.16. The molecule has 2 aromatic rings. The second kappa shape index (κ2) is 9.12. The van der Waals surface area contributed by atoms with E-state index in [0.29, 0.717) is 37.2 Å². The van der Waals surface area contributed by atoms with Crippen LogP contribution >= 0.6 is 22.6 Å². The molecule has 2 N–H and O–H groups in total. The number of aromatic nitrogens is 1. The number of likely N-dealkylation sites (tertiary alicyclic amines) is 1. The summed E-state index contributed by atoms with van der Waals surface area (Å²) in [5.41, 5.74) is 1.11. The summed E-state index contributed by atoms with van der Waals surface area (Å²) in [6.07, 6.45) is 5.24. The smallest absolute Gasteiger partial charge is 0.253 e. The van der Waals surface area contributed by atoms with Gasteiger partial charge in [-0.1, -0.05) is 0 Å². The number of pyridine rings is 1. The highest BCUT2D eigenvalue weighted by molar-refractivity contribution is 14.1. The molecule has 3 rings (SSSR count). The highest BCUT2D eigenvalue weighted by Crippen LogP contribution is 2.23. The van der Waals surface area contributed by atoms with Gasteiger partial charge in [0.05, 0.1) is 23.1 Å². The van der Waals surface area contributed by atoms with Crippen molar-refractivity contribution in [2.24, 2.45) is 0 Å². The van der Waals surface area contributed by atoms with Crippen molar-refractivity contribution in [3.8, 4) is 0 Å². The summed E-state index contributed by atoms with van der Waals surface area (Å²) in [7, 11) is 0. The van der Waals surface area contributed by atoms with Gasteiger partial charge in [0.2, 0.25) is 5.91 Å². The first-order valence-corrected chi connectivity index (χ1v) is 9.84. The van der Waals surface area contributed by atoms with Crippen molar-refractivity contribution in [2.75, 3.05) is 25.0 Å². The molecule has 8 heteroatoms. The van der Waals surface area contributed by atoms with Crippen LogP contribution in [0.1, 0.15) is 29.6 Å². The van der Waals surface area contributed by atoms with Gasteiger partial charge >= 0.3 is 0 Å². The number of nitrogens with zero attached hydrogens (tertiary/aromatic N) is 2. The van der Waals surface area contributed by atoms with E-state index in [4.69, 9.17) is 0 Å². The number of carbonyl (C=O) groups excluding carboxylic acids is 2. The van der Waals surface area contributed by atoms with Crippen molar-refractivity contribution in [1.82, 2.24) is 15.2 Å². The predicted octanol–water partition coefficient (Wildman–Crippen LogP) is 3.31. The van der Waals surface area contributed by atoms with Crippen molar-refractivity contribution in [1.29, 1.82) is 0 Å². The number of halogens is 2. The molecule has 142 valence electrons. The van der Waals surface area contributed by atoms with E-state index >= 15 is 0 Å². The molecule has 1 aliphatic rings. The van der Waals surface area contributed by atoms with Gasteiger partial charge in [0.15, 0.2) is 0 Å². The molecule has 1 aliphatic heterocycles. The van der Waals surface area contributed by atoms with Gasteiger partial charge in [-0.15, -0.1) is 0 Å². The van der Waals surface area contributed by atoms with Crippen LogP contribution in [-0.4, -0.2) is 41.3 Å². The van der Waals surface area contributed by atoms with E-state index in [1.54, 1.807) is 18.2 Å². The normalized spacial score (nSPS) is 13.7. The van der Waals surface area contributed by atoms with Crippen molar-refractivity contribution >= 4 is 45.8 Å². The topological polar surface area (TPSA) is 74.3 Å². The van der Waals surface area contributed by atoms with Crippen molar-refractivity contribution < 1.29 is 14.0 Å². The molecule has 1 fully saturated rings. The van der Waals surface area contributed by atoms with Crippen LogP contribution in [0, 0.1) is 9.39 Å². The Morgan fingerprint density at radius 2 is 2.15 bits per heavy atom. The van der Waals surface area contributed by atoms with Crippen molar-refractivity contribution in [3.05, 3.63) is 51.6 Å². The first-order chi connectivity index (χ1) is 13.0. The minimum Gasteiger partial charge on any atom is -0.352 e. The Balaban J connectivity index is 1.59. The van der Waals surface area contributed by atoms with E-state index in [-0.39, 0.29) is 17.5 Å². The minimum atomic E-state index is -0.396. The highest BCUT2D eigenvalue weighted by atomic mass is 127. The summed E-state index contributed by atoms with van der Waals surface area (Å²) in [6, 6.07) is 6.41. The van der Waals surface area contributed by atoms with Crippen LogP contribution in [0.5, 0.6) is 0 Å². The van der Waals surface area contributed by atoms with Gasteiger partial charge in [0, 0.05) is 35.8 Å². The molecule has 1 aromatic heterocycles. The van der Waals surface area contributed by atoms with Gasteiger partial charge in [-0.3, -0.25) is 14.6 Å². The summed E-state index contributed by atoms with van der Waals surface area (Å²) < 4.78 is 14.9. The van der Waals surface area contributed by atoms with Gasteiger partial charge in [-0.05, 0) is 59.7 Å². The fourth-order valence-corrected chi connectivity index (χ4v) is 3.39. The van der Waals surface area contributed by atoms with Gasteiger partial charge in [-0.25, -0.2) is 4.39 Å². The van der Waals surface area contributed by atoms with Crippen molar-refractivity contribution in [2.45, 2.75) is 19.3 Å². The molecule has 0 radical (unpaired) electrons. The molecule has 2 amide bonds. The third-order valence-corrected chi connectivity index (χ3v) is 5.00. The summed E-state index contributed by atoms with van der Waals surface area (Å²) >= 11 is 2.04. The summed E-state index contributed by atoms with van der Waals surface area (Å²) in [6.45, 7) is 1.91. The number of anilines is 2. The molecule has 0 saturated carbocycles. The molecule has 1 aromatic carbocycles. The number of hydrogen-bond donors (Lipinski definition) is 2. The second-order valence-electron chi connectivity index (χ2n) is 6.26. The van der Waals surface area contributed by atoms with Gasteiger partial charge in [-0.2, -0.15) is 0 Å². The van der Waals surface area contributed by atoms with E-state index in [1.165, 1.54) is 18.5 Å². The Labute approximate surface area is 170 Å². The SMILES string of the molecule is O=C(NCCCN1CCCC1=O)c1ccncc1Nc1ccc(I)cc1F. The number of hydrogen-bond acceptors (Lipinski definition) is 4. The van der Waals surface area contributed by atoms with Crippen LogP contribution in [0.15, 0.2) is 36.7 Å². The van der Waals surface area contributed by atoms with Crippen LogP contribution < -0.4 is 10.6 Å². The van der Waals surface area contributed by atoms with E-state index in [2.05, 4.69) is 15.6 Å². The highest BCUT2D eigenvalue weighted by Gasteiger charge is 2.19. The van der Waals surface area contributed by atoms with Crippen molar-refractivity contribution in [3.63, 3.8) is 0 Å². The van der Waals surface area contributed by atoms with E-state index < -0.39 is 5.82 Å². The number of nitrogens with one attached hydrogen (secondary N) is 2. The zero-order valence-corrected chi connectivity index (χ0v) is 16.8.